The summed E-state index contributed by atoms with van der Waals surface area (Å²) in [5, 5.41) is 4.28. The minimum atomic E-state index is 0.234. The first-order valence-electron chi connectivity index (χ1n) is 9.72. The summed E-state index contributed by atoms with van der Waals surface area (Å²) < 4.78 is 11.6. The molecule has 0 spiro atoms. The fourth-order valence-electron chi connectivity index (χ4n) is 3.37. The van der Waals surface area contributed by atoms with E-state index in [-0.39, 0.29) is 12.1 Å². The van der Waals surface area contributed by atoms with E-state index in [9.17, 15) is 0 Å². The Hall–Kier alpha value is -2.56. The molecular formula is C22H27N3O2. The first-order valence-corrected chi connectivity index (χ1v) is 9.72. The third kappa shape index (κ3) is 3.64. The maximum absolute atomic E-state index is 5.78. The van der Waals surface area contributed by atoms with Crippen molar-refractivity contribution in [3.8, 4) is 0 Å². The zero-order valence-corrected chi connectivity index (χ0v) is 16.4. The number of aromatic amines is 1. The lowest BCUT2D eigenvalue weighted by molar-refractivity contribution is 0.294. The molecule has 1 N–H and O–H groups in total. The van der Waals surface area contributed by atoms with Crippen molar-refractivity contribution in [3.63, 3.8) is 0 Å². The van der Waals surface area contributed by atoms with E-state index in [4.69, 9.17) is 19.5 Å². The molecule has 2 aliphatic rings. The number of aliphatic imine (C=N–C) groups is 2. The van der Waals surface area contributed by atoms with Gasteiger partial charge in [-0.2, -0.15) is 0 Å². The second kappa shape index (κ2) is 7.22. The molecule has 0 radical (unpaired) electrons. The van der Waals surface area contributed by atoms with Gasteiger partial charge in [0.1, 0.15) is 13.2 Å². The summed E-state index contributed by atoms with van der Waals surface area (Å²) >= 11 is 0. The molecule has 142 valence electrons. The van der Waals surface area contributed by atoms with Crippen molar-refractivity contribution in [2.75, 3.05) is 13.2 Å². The first-order chi connectivity index (χ1) is 13.0. The highest BCUT2D eigenvalue weighted by Gasteiger charge is 2.21. The molecule has 3 heterocycles. The van der Waals surface area contributed by atoms with E-state index in [1.54, 1.807) is 0 Å². The fourth-order valence-corrected chi connectivity index (χ4v) is 3.37. The third-order valence-corrected chi connectivity index (χ3v) is 5.24. The Morgan fingerprint density at radius 1 is 0.852 bits per heavy atom. The molecule has 0 saturated heterocycles. The van der Waals surface area contributed by atoms with Crippen molar-refractivity contribution >= 4 is 34.7 Å². The molecule has 1 aromatic carbocycles. The molecule has 0 bridgehead atoms. The minimum Gasteiger partial charge on any atom is -0.476 e. The van der Waals surface area contributed by atoms with Gasteiger partial charge in [-0.15, -0.1) is 0 Å². The number of H-pyrrole nitrogens is 1. The van der Waals surface area contributed by atoms with Crippen LogP contribution in [0.5, 0.6) is 0 Å². The molecule has 0 unspecified atom stereocenters. The van der Waals surface area contributed by atoms with Crippen LogP contribution in [0.25, 0.3) is 22.9 Å². The number of nitrogens with zero attached hydrogens (tertiary/aromatic N) is 2. The van der Waals surface area contributed by atoms with Gasteiger partial charge < -0.3 is 14.5 Å². The SMILES string of the molecule is CC(C)[C@@H]1COC(/C=c2\[nH]/c(=C\C3=N[C@H](C(C)C)CO3)c3ccccc23)=N1. The number of ether oxygens (including phenoxy) is 2. The van der Waals surface area contributed by atoms with Crippen molar-refractivity contribution in [1.29, 1.82) is 0 Å². The number of hydrogen-bond acceptors (Lipinski definition) is 4. The number of aromatic nitrogens is 1. The molecule has 4 rings (SSSR count). The van der Waals surface area contributed by atoms with Gasteiger partial charge in [-0.1, -0.05) is 52.0 Å². The topological polar surface area (TPSA) is 59.0 Å². The summed E-state index contributed by atoms with van der Waals surface area (Å²) in [6.07, 6.45) is 3.99. The monoisotopic (exact) mass is 365 g/mol. The predicted octanol–water partition coefficient (Wildman–Crippen LogP) is 2.64. The van der Waals surface area contributed by atoms with Crippen molar-refractivity contribution in [3.05, 3.63) is 35.0 Å². The van der Waals surface area contributed by atoms with Crippen LogP contribution < -0.4 is 10.7 Å². The molecular weight excluding hydrogens is 338 g/mol. The lowest BCUT2D eigenvalue weighted by Gasteiger charge is -2.06. The van der Waals surface area contributed by atoms with Crippen LogP contribution in [0.15, 0.2) is 34.3 Å². The standard InChI is InChI=1S/C22H27N3O2/c1-13(2)19-11-26-21(24-19)9-17-15-7-5-6-8-16(15)18(23-17)10-22-25-20(12-27-22)14(3)4/h5-10,13-14,19-20,23H,11-12H2,1-4H3/b17-9-,18-10-/t19-,20-/m0/s1. The van der Waals surface area contributed by atoms with Gasteiger partial charge in [-0.3, -0.25) is 0 Å². The molecule has 1 aromatic heterocycles. The third-order valence-electron chi connectivity index (χ3n) is 5.24. The molecule has 5 nitrogen and oxygen atoms in total. The summed E-state index contributed by atoms with van der Waals surface area (Å²) in [6, 6.07) is 8.78. The zero-order valence-electron chi connectivity index (χ0n) is 16.4. The van der Waals surface area contributed by atoms with Crippen LogP contribution in [-0.2, 0) is 9.47 Å². The highest BCUT2D eigenvalue weighted by atomic mass is 16.5. The number of nitrogens with one attached hydrogen (secondary N) is 1. The van der Waals surface area contributed by atoms with Gasteiger partial charge in [0.2, 0.25) is 11.8 Å². The average Bonchev–Trinajstić information content (AvgIpc) is 3.36. The Balaban J connectivity index is 1.77. The number of benzene rings is 1. The molecule has 27 heavy (non-hydrogen) atoms. The van der Waals surface area contributed by atoms with Crippen LogP contribution in [0.4, 0.5) is 0 Å². The van der Waals surface area contributed by atoms with Crippen LogP contribution in [0.3, 0.4) is 0 Å². The van der Waals surface area contributed by atoms with Crippen LogP contribution in [0.2, 0.25) is 0 Å². The summed E-state index contributed by atoms with van der Waals surface area (Å²) in [6.45, 7) is 9.99. The Bertz CT molecular complexity index is 934. The van der Waals surface area contributed by atoms with Crippen LogP contribution >= 0.6 is 0 Å². The van der Waals surface area contributed by atoms with Crippen LogP contribution in [0.1, 0.15) is 27.7 Å². The largest absolute Gasteiger partial charge is 0.476 e. The molecule has 2 atom stereocenters. The zero-order chi connectivity index (χ0) is 19.0. The molecule has 0 saturated carbocycles. The Labute approximate surface area is 159 Å². The molecule has 0 aliphatic carbocycles. The molecule has 0 fully saturated rings. The van der Waals surface area contributed by atoms with E-state index >= 15 is 0 Å². The van der Waals surface area contributed by atoms with E-state index < -0.39 is 0 Å². The molecule has 5 heteroatoms. The second-order valence-corrected chi connectivity index (χ2v) is 7.97. The van der Waals surface area contributed by atoms with Gasteiger partial charge in [0, 0.05) is 22.9 Å². The predicted molar refractivity (Wildman–Crippen MR) is 111 cm³/mol. The first kappa shape index (κ1) is 17.8. The number of fused-ring (bicyclic) bond motifs is 1. The van der Waals surface area contributed by atoms with Crippen molar-refractivity contribution in [2.45, 2.75) is 39.8 Å². The Kier molecular flexibility index (Phi) is 4.77. The van der Waals surface area contributed by atoms with Gasteiger partial charge in [0.25, 0.3) is 0 Å². The van der Waals surface area contributed by atoms with Gasteiger partial charge in [0.05, 0.1) is 22.8 Å². The summed E-state index contributed by atoms with van der Waals surface area (Å²) in [5.41, 5.74) is 0. The van der Waals surface area contributed by atoms with E-state index in [2.05, 4.69) is 44.8 Å². The summed E-state index contributed by atoms with van der Waals surface area (Å²) in [4.78, 5) is 12.9. The molecule has 2 aromatic rings. The fraction of sp³-hybridized carbons (Fsp3) is 0.455. The van der Waals surface area contributed by atoms with Gasteiger partial charge in [-0.05, 0) is 11.8 Å². The maximum atomic E-state index is 5.78. The van der Waals surface area contributed by atoms with E-state index in [0.29, 0.717) is 36.8 Å². The van der Waals surface area contributed by atoms with E-state index in [0.717, 1.165) is 21.5 Å². The summed E-state index contributed by atoms with van der Waals surface area (Å²) in [5.74, 6) is 2.35. The van der Waals surface area contributed by atoms with Crippen molar-refractivity contribution in [1.82, 2.24) is 4.98 Å². The van der Waals surface area contributed by atoms with Gasteiger partial charge in [0.15, 0.2) is 0 Å². The van der Waals surface area contributed by atoms with Crippen LogP contribution in [-0.4, -0.2) is 42.1 Å². The summed E-state index contributed by atoms with van der Waals surface area (Å²) in [7, 11) is 0. The molecule has 0 amide bonds. The highest BCUT2D eigenvalue weighted by molar-refractivity contribution is 6.09. The van der Waals surface area contributed by atoms with Gasteiger partial charge >= 0.3 is 0 Å². The van der Waals surface area contributed by atoms with Crippen LogP contribution in [0, 0.1) is 11.8 Å². The lowest BCUT2D eigenvalue weighted by Crippen LogP contribution is -2.14. The highest BCUT2D eigenvalue weighted by Crippen LogP contribution is 2.15. The maximum Gasteiger partial charge on any atom is 0.211 e. The lowest BCUT2D eigenvalue weighted by atomic mass is 10.1. The smallest absolute Gasteiger partial charge is 0.211 e. The quantitative estimate of drug-likeness (QED) is 0.905. The Morgan fingerprint density at radius 2 is 1.30 bits per heavy atom. The second-order valence-electron chi connectivity index (χ2n) is 7.97. The van der Waals surface area contributed by atoms with Crippen molar-refractivity contribution < 1.29 is 9.47 Å². The molecule has 2 aliphatic heterocycles. The van der Waals surface area contributed by atoms with E-state index in [1.165, 1.54) is 0 Å². The Morgan fingerprint density at radius 3 is 1.67 bits per heavy atom. The number of rotatable bonds is 4. The van der Waals surface area contributed by atoms with E-state index in [1.807, 2.05) is 24.3 Å². The van der Waals surface area contributed by atoms with Gasteiger partial charge in [-0.25, -0.2) is 9.98 Å². The normalized spacial score (nSPS) is 23.9. The average molecular weight is 365 g/mol. The van der Waals surface area contributed by atoms with Crippen molar-refractivity contribution in [2.24, 2.45) is 21.8 Å². The minimum absolute atomic E-state index is 0.234. The number of hydrogen-bond donors (Lipinski definition) is 1.